The number of benzene rings is 1. The smallest absolute Gasteiger partial charge is 0.188 e. The molecular weight excluding hydrogens is 256 g/mol. The summed E-state index contributed by atoms with van der Waals surface area (Å²) in [6.45, 7) is 3.29. The Balaban J connectivity index is 1.97. The van der Waals surface area contributed by atoms with Crippen molar-refractivity contribution in [2.45, 2.75) is 20.1 Å². The van der Waals surface area contributed by atoms with Gasteiger partial charge in [-0.3, -0.25) is 0 Å². The van der Waals surface area contributed by atoms with Gasteiger partial charge in [0, 0.05) is 7.11 Å². The van der Waals surface area contributed by atoms with Crippen molar-refractivity contribution in [3.05, 3.63) is 41.2 Å². The molecule has 20 heavy (non-hydrogen) atoms. The number of methoxy groups -OCH3 is 1. The van der Waals surface area contributed by atoms with Gasteiger partial charge in [-0.15, -0.1) is 5.10 Å². The third-order valence-corrected chi connectivity index (χ3v) is 2.79. The van der Waals surface area contributed by atoms with Gasteiger partial charge in [0.25, 0.3) is 0 Å². The molecule has 0 unspecified atom stereocenters. The minimum atomic E-state index is 0.294. The van der Waals surface area contributed by atoms with E-state index in [1.807, 2.05) is 37.3 Å². The highest BCUT2D eigenvalue weighted by atomic mass is 16.5. The van der Waals surface area contributed by atoms with Crippen LogP contribution in [-0.4, -0.2) is 28.7 Å². The number of aryl methyl sites for hydroxylation is 1. The van der Waals surface area contributed by atoms with E-state index >= 15 is 0 Å². The van der Waals surface area contributed by atoms with E-state index in [4.69, 9.17) is 14.7 Å². The minimum Gasteiger partial charge on any atom is -0.492 e. The molecule has 0 radical (unpaired) electrons. The maximum Gasteiger partial charge on any atom is 0.188 e. The lowest BCUT2D eigenvalue weighted by atomic mass is 10.2. The monoisotopic (exact) mass is 272 g/mol. The molecule has 0 spiro atoms. The molecule has 1 aromatic carbocycles. The van der Waals surface area contributed by atoms with Crippen LogP contribution in [0.5, 0.6) is 5.75 Å². The Kier molecular flexibility index (Phi) is 4.69. The van der Waals surface area contributed by atoms with Crippen molar-refractivity contribution in [3.8, 4) is 11.8 Å². The fourth-order valence-electron chi connectivity index (χ4n) is 1.83. The number of nitrogens with zero attached hydrogens (tertiary/aromatic N) is 4. The van der Waals surface area contributed by atoms with E-state index in [2.05, 4.69) is 10.3 Å². The topological polar surface area (TPSA) is 73.0 Å². The first-order valence-electron chi connectivity index (χ1n) is 6.25. The van der Waals surface area contributed by atoms with Gasteiger partial charge in [0.15, 0.2) is 5.69 Å². The number of rotatable bonds is 6. The first kappa shape index (κ1) is 14.0. The highest BCUT2D eigenvalue weighted by molar-refractivity contribution is 5.27. The third kappa shape index (κ3) is 3.33. The van der Waals surface area contributed by atoms with Gasteiger partial charge in [0.2, 0.25) is 0 Å². The highest BCUT2D eigenvalue weighted by Gasteiger charge is 2.12. The average molecular weight is 272 g/mol. The first-order chi connectivity index (χ1) is 9.74. The quantitative estimate of drug-likeness (QED) is 0.800. The van der Waals surface area contributed by atoms with Crippen LogP contribution in [0.15, 0.2) is 24.3 Å². The van der Waals surface area contributed by atoms with Crippen LogP contribution in [0, 0.1) is 18.3 Å². The van der Waals surface area contributed by atoms with Crippen LogP contribution in [0.4, 0.5) is 0 Å². The second-order valence-corrected chi connectivity index (χ2v) is 4.32. The fraction of sp³-hybridized carbons (Fsp3) is 0.357. The average Bonchev–Trinajstić information content (AvgIpc) is 2.82. The Hall–Kier alpha value is -2.39. The molecule has 0 fully saturated rings. The molecule has 0 amide bonds. The summed E-state index contributed by atoms with van der Waals surface area (Å²) in [7, 11) is 1.57. The second-order valence-electron chi connectivity index (χ2n) is 4.32. The zero-order chi connectivity index (χ0) is 14.4. The van der Waals surface area contributed by atoms with Crippen molar-refractivity contribution in [1.82, 2.24) is 15.0 Å². The lowest BCUT2D eigenvalue weighted by Crippen LogP contribution is -2.13. The summed E-state index contributed by atoms with van der Waals surface area (Å²) in [6.07, 6.45) is 0. The van der Waals surface area contributed by atoms with E-state index in [0.717, 1.165) is 11.3 Å². The number of nitriles is 1. The Morgan fingerprint density at radius 3 is 2.95 bits per heavy atom. The number of hydrogen-bond acceptors (Lipinski definition) is 5. The van der Waals surface area contributed by atoms with E-state index in [0.29, 0.717) is 31.1 Å². The van der Waals surface area contributed by atoms with Crippen molar-refractivity contribution in [1.29, 1.82) is 5.26 Å². The molecule has 6 heteroatoms. The van der Waals surface area contributed by atoms with Crippen molar-refractivity contribution in [2.75, 3.05) is 13.7 Å². The van der Waals surface area contributed by atoms with Gasteiger partial charge in [-0.05, 0) is 24.6 Å². The van der Waals surface area contributed by atoms with Crippen molar-refractivity contribution in [2.24, 2.45) is 0 Å². The van der Waals surface area contributed by atoms with E-state index in [1.54, 1.807) is 11.8 Å². The Morgan fingerprint density at radius 1 is 1.40 bits per heavy atom. The largest absolute Gasteiger partial charge is 0.492 e. The zero-order valence-corrected chi connectivity index (χ0v) is 11.5. The first-order valence-corrected chi connectivity index (χ1v) is 6.25. The number of hydrogen-bond donors (Lipinski definition) is 0. The molecule has 2 aromatic rings. The SMILES string of the molecule is COCc1c(C#N)nnn1CCOc1cccc(C)c1. The van der Waals surface area contributed by atoms with Crippen LogP contribution in [0.1, 0.15) is 17.0 Å². The van der Waals surface area contributed by atoms with Crippen LogP contribution in [0.25, 0.3) is 0 Å². The lowest BCUT2D eigenvalue weighted by Gasteiger charge is -2.08. The molecule has 2 rings (SSSR count). The second kappa shape index (κ2) is 6.68. The summed E-state index contributed by atoms with van der Waals surface area (Å²) in [5.74, 6) is 0.818. The fourth-order valence-corrected chi connectivity index (χ4v) is 1.83. The molecule has 0 saturated heterocycles. The molecule has 6 nitrogen and oxygen atoms in total. The minimum absolute atomic E-state index is 0.294. The standard InChI is InChI=1S/C14H16N4O2/c1-11-4-3-5-12(8-11)20-7-6-18-14(10-19-2)13(9-15)16-17-18/h3-5,8H,6-7,10H2,1-2H3. The maximum atomic E-state index is 8.94. The molecule has 104 valence electrons. The molecular formula is C14H16N4O2. The van der Waals surface area contributed by atoms with E-state index in [9.17, 15) is 0 Å². The van der Waals surface area contributed by atoms with Crippen LogP contribution >= 0.6 is 0 Å². The van der Waals surface area contributed by atoms with Crippen LogP contribution in [0.2, 0.25) is 0 Å². The van der Waals surface area contributed by atoms with Crippen LogP contribution < -0.4 is 4.74 Å². The van der Waals surface area contributed by atoms with Gasteiger partial charge in [0.05, 0.1) is 13.2 Å². The summed E-state index contributed by atoms with van der Waals surface area (Å²) in [6, 6.07) is 9.84. The van der Waals surface area contributed by atoms with Crippen molar-refractivity contribution >= 4 is 0 Å². The maximum absolute atomic E-state index is 8.94. The number of aromatic nitrogens is 3. The molecule has 0 N–H and O–H groups in total. The molecule has 1 aromatic heterocycles. The third-order valence-electron chi connectivity index (χ3n) is 2.79. The summed E-state index contributed by atoms with van der Waals surface area (Å²) in [5.41, 5.74) is 2.11. The van der Waals surface area contributed by atoms with E-state index in [-0.39, 0.29) is 0 Å². The Labute approximate surface area is 117 Å². The molecule has 1 heterocycles. The Bertz CT molecular complexity index is 616. The molecule has 0 bridgehead atoms. The predicted molar refractivity (Wildman–Crippen MR) is 72.1 cm³/mol. The van der Waals surface area contributed by atoms with Crippen molar-refractivity contribution in [3.63, 3.8) is 0 Å². The van der Waals surface area contributed by atoms with Gasteiger partial charge in [-0.1, -0.05) is 17.3 Å². The van der Waals surface area contributed by atoms with E-state index in [1.165, 1.54) is 0 Å². The zero-order valence-electron chi connectivity index (χ0n) is 11.5. The lowest BCUT2D eigenvalue weighted by molar-refractivity contribution is 0.174. The van der Waals surface area contributed by atoms with Crippen molar-refractivity contribution < 1.29 is 9.47 Å². The van der Waals surface area contributed by atoms with Gasteiger partial charge in [-0.25, -0.2) is 4.68 Å². The van der Waals surface area contributed by atoms with Gasteiger partial charge < -0.3 is 9.47 Å². The highest BCUT2D eigenvalue weighted by Crippen LogP contribution is 2.12. The predicted octanol–water partition coefficient (Wildman–Crippen LogP) is 1.68. The molecule has 0 aliphatic heterocycles. The van der Waals surface area contributed by atoms with Gasteiger partial charge >= 0.3 is 0 Å². The van der Waals surface area contributed by atoms with Gasteiger partial charge in [0.1, 0.15) is 24.1 Å². The van der Waals surface area contributed by atoms with Crippen LogP contribution in [0.3, 0.4) is 0 Å². The summed E-state index contributed by atoms with van der Waals surface area (Å²) in [5, 5.41) is 16.7. The molecule has 0 saturated carbocycles. The summed E-state index contributed by atoms with van der Waals surface area (Å²) >= 11 is 0. The summed E-state index contributed by atoms with van der Waals surface area (Å²) in [4.78, 5) is 0. The normalized spacial score (nSPS) is 10.2. The Morgan fingerprint density at radius 2 is 2.25 bits per heavy atom. The summed E-state index contributed by atoms with van der Waals surface area (Å²) < 4.78 is 12.3. The molecule has 0 atom stereocenters. The van der Waals surface area contributed by atoms with E-state index < -0.39 is 0 Å². The number of ether oxygens (including phenoxy) is 2. The molecule has 0 aliphatic carbocycles. The molecule has 0 aliphatic rings. The van der Waals surface area contributed by atoms with Crippen LogP contribution in [-0.2, 0) is 17.9 Å². The van der Waals surface area contributed by atoms with Gasteiger partial charge in [-0.2, -0.15) is 5.26 Å².